The monoisotopic (exact) mass is 1050 g/mol. The van der Waals surface area contributed by atoms with Crippen molar-refractivity contribution in [3.8, 4) is 89.0 Å². The normalized spacial score (nSPS) is 12.0. The van der Waals surface area contributed by atoms with E-state index in [9.17, 15) is 0 Å². The molecule has 0 fully saturated rings. The zero-order valence-corrected chi connectivity index (χ0v) is 47.6. The van der Waals surface area contributed by atoms with Gasteiger partial charge in [-0.2, -0.15) is 0 Å². The molecule has 0 atom stereocenters. The van der Waals surface area contributed by atoms with Gasteiger partial charge in [-0.15, -0.1) is 0 Å². The summed E-state index contributed by atoms with van der Waals surface area (Å²) in [7, 11) is 0. The highest BCUT2D eigenvalue weighted by atomic mass is 14.3. The van der Waals surface area contributed by atoms with E-state index in [-0.39, 0.29) is 10.8 Å². The Bertz CT molecular complexity index is 4740. The van der Waals surface area contributed by atoms with E-state index in [0.717, 1.165) is 0 Å². The Morgan fingerprint density at radius 1 is 0.171 bits per heavy atom. The van der Waals surface area contributed by atoms with E-state index in [4.69, 9.17) is 0 Å². The average molecular weight is 1050 g/mol. The third-order valence-electron chi connectivity index (χ3n) is 17.2. The van der Waals surface area contributed by atoms with Crippen LogP contribution in [0, 0.1) is 0 Å². The van der Waals surface area contributed by atoms with Crippen molar-refractivity contribution in [2.45, 2.75) is 52.4 Å². The summed E-state index contributed by atoms with van der Waals surface area (Å²) in [6.07, 6.45) is 0. The minimum atomic E-state index is -0.0197. The van der Waals surface area contributed by atoms with Crippen molar-refractivity contribution in [3.05, 3.63) is 290 Å². The van der Waals surface area contributed by atoms with Crippen molar-refractivity contribution in [2.75, 3.05) is 0 Å². The summed E-state index contributed by atoms with van der Waals surface area (Å²) in [5.41, 5.74) is 22.3. The second kappa shape index (κ2) is 20.2. The van der Waals surface area contributed by atoms with Crippen LogP contribution < -0.4 is 0 Å². The van der Waals surface area contributed by atoms with E-state index in [2.05, 4.69) is 321 Å². The molecule has 0 saturated carbocycles. The standard InChI is InChI=1S/C82H64/c1-81(2,3)63-44-46-73-75(51-63)77(68-28-15-16-29-69(68)79(73)62-25-19-24-61(50-62)54-22-11-8-12-23-54)59-42-36-57(37-43-59)56-32-38-58(39-33-56)65-48-49-72(67-27-14-13-26-66(65)67)80-71-31-18-17-30-70(71)78(76-52-64(82(4,5)6)45-47-74(76)80)60-40-34-55(35-41-60)53-20-9-7-10-21-53/h7-52H,1-6H3. The van der Waals surface area contributed by atoms with Gasteiger partial charge in [0.2, 0.25) is 0 Å². The highest BCUT2D eigenvalue weighted by Crippen LogP contribution is 2.49. The van der Waals surface area contributed by atoms with Crippen molar-refractivity contribution in [3.63, 3.8) is 0 Å². The molecule has 14 aromatic rings. The Kier molecular flexibility index (Phi) is 12.4. The fourth-order valence-corrected chi connectivity index (χ4v) is 12.9. The van der Waals surface area contributed by atoms with Crippen LogP contribution in [0.5, 0.6) is 0 Å². The summed E-state index contributed by atoms with van der Waals surface area (Å²) < 4.78 is 0. The van der Waals surface area contributed by atoms with E-state index in [0.29, 0.717) is 0 Å². The maximum atomic E-state index is 2.47. The van der Waals surface area contributed by atoms with Crippen LogP contribution in [0.2, 0.25) is 0 Å². The minimum absolute atomic E-state index is 0.0144. The third kappa shape index (κ3) is 8.97. The van der Waals surface area contributed by atoms with Gasteiger partial charge >= 0.3 is 0 Å². The zero-order chi connectivity index (χ0) is 55.7. The van der Waals surface area contributed by atoms with E-state index in [1.807, 2.05) is 0 Å². The largest absolute Gasteiger partial charge is 0.0622 e. The van der Waals surface area contributed by atoms with Crippen LogP contribution in [0.25, 0.3) is 143 Å². The van der Waals surface area contributed by atoms with Crippen LogP contribution >= 0.6 is 0 Å². The molecule has 0 aliphatic heterocycles. The molecule has 0 heteroatoms. The van der Waals surface area contributed by atoms with E-state index >= 15 is 0 Å². The van der Waals surface area contributed by atoms with Gasteiger partial charge in [-0.25, -0.2) is 0 Å². The first-order valence-corrected chi connectivity index (χ1v) is 29.0. The number of hydrogen-bond acceptors (Lipinski definition) is 0. The lowest BCUT2D eigenvalue weighted by Gasteiger charge is -2.23. The lowest BCUT2D eigenvalue weighted by Crippen LogP contribution is -2.10. The quantitative estimate of drug-likeness (QED) is 0.133. The minimum Gasteiger partial charge on any atom is -0.0622 e. The van der Waals surface area contributed by atoms with Crippen molar-refractivity contribution in [2.24, 2.45) is 0 Å². The molecule has 0 unspecified atom stereocenters. The predicted molar refractivity (Wildman–Crippen MR) is 355 cm³/mol. The molecule has 0 radical (unpaired) electrons. The molecule has 14 aromatic carbocycles. The molecule has 0 heterocycles. The molecule has 0 spiro atoms. The number of hydrogen-bond donors (Lipinski definition) is 0. The van der Waals surface area contributed by atoms with Crippen LogP contribution in [0.3, 0.4) is 0 Å². The molecule has 14 rings (SSSR count). The van der Waals surface area contributed by atoms with Crippen LogP contribution in [0.4, 0.5) is 0 Å². The lowest BCUT2D eigenvalue weighted by atomic mass is 9.80. The van der Waals surface area contributed by atoms with Crippen LogP contribution in [0.15, 0.2) is 279 Å². The molecule has 0 nitrogen and oxygen atoms in total. The first-order valence-electron chi connectivity index (χ1n) is 29.0. The van der Waals surface area contributed by atoms with Crippen LogP contribution in [0.1, 0.15) is 52.7 Å². The van der Waals surface area contributed by atoms with Crippen molar-refractivity contribution in [1.29, 1.82) is 0 Å². The van der Waals surface area contributed by atoms with Gasteiger partial charge in [0.1, 0.15) is 0 Å². The molecule has 0 bridgehead atoms. The summed E-state index contributed by atoms with van der Waals surface area (Å²) in [5, 5.41) is 12.6. The summed E-state index contributed by atoms with van der Waals surface area (Å²) in [5.74, 6) is 0. The fourth-order valence-electron chi connectivity index (χ4n) is 12.9. The molecule has 0 aliphatic carbocycles. The first-order chi connectivity index (χ1) is 39.9. The molecule has 0 aliphatic rings. The Morgan fingerprint density at radius 3 is 0.939 bits per heavy atom. The molecule has 0 amide bonds. The maximum Gasteiger partial charge on any atom is -0.00201 e. The molecule has 0 N–H and O–H groups in total. The number of benzene rings is 14. The smallest absolute Gasteiger partial charge is 0.00201 e. The Labute approximate surface area is 482 Å². The van der Waals surface area contributed by atoms with Crippen molar-refractivity contribution in [1.82, 2.24) is 0 Å². The van der Waals surface area contributed by atoms with Gasteiger partial charge in [-0.3, -0.25) is 0 Å². The Hall–Kier alpha value is -9.62. The first kappa shape index (κ1) is 50.6. The van der Waals surface area contributed by atoms with Crippen LogP contribution in [-0.2, 0) is 10.8 Å². The van der Waals surface area contributed by atoms with Crippen molar-refractivity contribution < 1.29 is 0 Å². The van der Waals surface area contributed by atoms with Gasteiger partial charge < -0.3 is 0 Å². The number of fused-ring (bicyclic) bond motifs is 5. The van der Waals surface area contributed by atoms with Gasteiger partial charge in [-0.05, 0) is 183 Å². The Balaban J connectivity index is 0.845. The highest BCUT2D eigenvalue weighted by molar-refractivity contribution is 6.25. The van der Waals surface area contributed by atoms with Gasteiger partial charge in [-0.1, -0.05) is 302 Å². The summed E-state index contributed by atoms with van der Waals surface area (Å²) >= 11 is 0. The summed E-state index contributed by atoms with van der Waals surface area (Å²) in [6.45, 7) is 13.9. The second-order valence-electron chi connectivity index (χ2n) is 24.4. The zero-order valence-electron chi connectivity index (χ0n) is 47.6. The van der Waals surface area contributed by atoms with Crippen LogP contribution in [-0.4, -0.2) is 0 Å². The van der Waals surface area contributed by atoms with E-state index in [1.54, 1.807) is 0 Å². The summed E-state index contributed by atoms with van der Waals surface area (Å²) in [4.78, 5) is 0. The molecule has 82 heavy (non-hydrogen) atoms. The molecular formula is C82H64. The topological polar surface area (TPSA) is 0 Å². The molecule has 0 aromatic heterocycles. The molecular weight excluding hydrogens is 985 g/mol. The lowest BCUT2D eigenvalue weighted by molar-refractivity contribution is 0.591. The maximum absolute atomic E-state index is 2.47. The van der Waals surface area contributed by atoms with E-state index in [1.165, 1.54) is 154 Å². The van der Waals surface area contributed by atoms with Gasteiger partial charge in [0.15, 0.2) is 0 Å². The fraction of sp³-hybridized carbons (Fsp3) is 0.0976. The van der Waals surface area contributed by atoms with Gasteiger partial charge in [0.25, 0.3) is 0 Å². The Morgan fingerprint density at radius 2 is 0.476 bits per heavy atom. The average Bonchev–Trinajstić information content (AvgIpc) is 3.70. The van der Waals surface area contributed by atoms with Gasteiger partial charge in [0, 0.05) is 0 Å². The van der Waals surface area contributed by atoms with Gasteiger partial charge in [0.05, 0.1) is 0 Å². The predicted octanol–water partition coefficient (Wildman–Crippen LogP) is 23.4. The van der Waals surface area contributed by atoms with E-state index < -0.39 is 0 Å². The SMILES string of the molecule is CC(C)(C)c1ccc2c(-c3cccc(-c4ccccc4)c3)c3ccccc3c(-c3ccc(-c4ccc(-c5ccc(-c6c7ccccc7c(-c7ccc(-c8ccccc8)cc7)c7cc(C(C)(C)C)ccc67)c6ccccc56)cc4)cc3)c2c1. The third-order valence-corrected chi connectivity index (χ3v) is 17.2. The van der Waals surface area contributed by atoms with Crippen molar-refractivity contribution >= 4 is 53.9 Å². The second-order valence-corrected chi connectivity index (χ2v) is 24.4. The molecule has 392 valence electrons. The highest BCUT2D eigenvalue weighted by Gasteiger charge is 2.24. The number of rotatable bonds is 8. The molecule has 0 saturated heterocycles. The summed E-state index contributed by atoms with van der Waals surface area (Å²) in [6, 6.07) is 104.